The highest BCUT2D eigenvalue weighted by Gasteiger charge is 2.20. The smallest absolute Gasteiger partial charge is 0.257 e. The maximum atomic E-state index is 12.1. The summed E-state index contributed by atoms with van der Waals surface area (Å²) < 4.78 is 9.85. The van der Waals surface area contributed by atoms with Crippen LogP contribution in [0.25, 0.3) is 22.0 Å². The van der Waals surface area contributed by atoms with Crippen molar-refractivity contribution in [3.8, 4) is 22.1 Å². The molecule has 4 aromatic heterocycles. The third-order valence-corrected chi connectivity index (χ3v) is 7.21. The molecule has 166 valence electrons. The van der Waals surface area contributed by atoms with E-state index in [1.165, 1.54) is 17.4 Å². The van der Waals surface area contributed by atoms with Crippen molar-refractivity contribution in [2.24, 2.45) is 0 Å². The molecule has 0 bridgehead atoms. The fourth-order valence-corrected chi connectivity index (χ4v) is 5.49. The molecule has 4 heterocycles. The van der Waals surface area contributed by atoms with E-state index in [1.54, 1.807) is 35.7 Å². The number of hydrogen-bond donors (Lipinski definition) is 0. The summed E-state index contributed by atoms with van der Waals surface area (Å²) in [6.45, 7) is 0. The van der Waals surface area contributed by atoms with Gasteiger partial charge in [-0.25, -0.2) is 4.98 Å². The summed E-state index contributed by atoms with van der Waals surface area (Å²) in [6.07, 6.45) is 3.99. The van der Waals surface area contributed by atoms with Crippen molar-refractivity contribution in [2.45, 2.75) is 11.6 Å². The molecule has 0 atom stereocenters. The monoisotopic (exact) mass is 495 g/mol. The Morgan fingerprint density at radius 1 is 1.09 bits per heavy atom. The lowest BCUT2D eigenvalue weighted by atomic mass is 10.2. The number of benzene rings is 1. The maximum Gasteiger partial charge on any atom is 0.257 e. The summed E-state index contributed by atoms with van der Waals surface area (Å²) in [5.74, 6) is 2.15. The Kier molecular flexibility index (Phi) is 6.17. The van der Waals surface area contributed by atoms with E-state index in [4.69, 9.17) is 16.3 Å². The highest BCUT2D eigenvalue weighted by Crippen LogP contribution is 2.36. The molecular weight excluding hydrogens is 478 g/mol. The number of thiophene rings is 1. The van der Waals surface area contributed by atoms with Crippen LogP contribution in [0.4, 0.5) is 0 Å². The van der Waals surface area contributed by atoms with Crippen LogP contribution in [-0.4, -0.2) is 37.0 Å². The van der Waals surface area contributed by atoms with Gasteiger partial charge in [0.05, 0.1) is 22.0 Å². The van der Waals surface area contributed by atoms with E-state index in [9.17, 15) is 4.79 Å². The minimum atomic E-state index is -0.0929. The predicted octanol–water partition coefficient (Wildman–Crippen LogP) is 5.00. The maximum absolute atomic E-state index is 12.1. The predicted molar refractivity (Wildman–Crippen MR) is 132 cm³/mol. The van der Waals surface area contributed by atoms with E-state index in [1.807, 2.05) is 53.1 Å². The molecule has 5 aromatic rings. The van der Waals surface area contributed by atoms with Crippen molar-refractivity contribution >= 4 is 40.3 Å². The second kappa shape index (κ2) is 9.38. The summed E-state index contributed by atoms with van der Waals surface area (Å²) in [7, 11) is 1.65. The normalized spacial score (nSPS) is 11.2. The highest BCUT2D eigenvalue weighted by atomic mass is 35.5. The summed E-state index contributed by atoms with van der Waals surface area (Å²) >= 11 is 9.22. The van der Waals surface area contributed by atoms with Gasteiger partial charge >= 0.3 is 0 Å². The number of halogens is 1. The van der Waals surface area contributed by atoms with Gasteiger partial charge in [-0.1, -0.05) is 41.6 Å². The number of ether oxygens (including phenoxy) is 1. The van der Waals surface area contributed by atoms with Crippen molar-refractivity contribution < 1.29 is 4.74 Å². The van der Waals surface area contributed by atoms with Gasteiger partial charge in [0.25, 0.3) is 5.56 Å². The average molecular weight is 496 g/mol. The van der Waals surface area contributed by atoms with Crippen LogP contribution < -0.4 is 10.3 Å². The average Bonchev–Trinajstić information content (AvgIpc) is 3.45. The topological polar surface area (TPSA) is 74.3 Å². The molecule has 0 aliphatic heterocycles. The Bertz CT molecular complexity index is 1490. The molecule has 0 saturated heterocycles. The van der Waals surface area contributed by atoms with Crippen molar-refractivity contribution in [3.05, 3.63) is 87.2 Å². The number of aryl methyl sites for hydroxylation is 1. The van der Waals surface area contributed by atoms with Gasteiger partial charge in [-0.15, -0.1) is 21.5 Å². The van der Waals surface area contributed by atoms with E-state index in [-0.39, 0.29) is 5.56 Å². The van der Waals surface area contributed by atoms with Crippen LogP contribution in [0, 0.1) is 0 Å². The Hall–Kier alpha value is -3.14. The molecule has 0 amide bonds. The van der Waals surface area contributed by atoms with Crippen LogP contribution in [0.1, 0.15) is 5.56 Å². The van der Waals surface area contributed by atoms with E-state index >= 15 is 0 Å². The largest absolute Gasteiger partial charge is 0.495 e. The van der Waals surface area contributed by atoms with Crippen LogP contribution in [0.5, 0.6) is 5.75 Å². The molecule has 33 heavy (non-hydrogen) atoms. The first kappa shape index (κ1) is 21.7. The first-order valence-electron chi connectivity index (χ1n) is 10.1. The van der Waals surface area contributed by atoms with Crippen LogP contribution in [-0.2, 0) is 6.42 Å². The second-order valence-electron chi connectivity index (χ2n) is 7.03. The number of hydrogen-bond acceptors (Lipinski definition) is 7. The van der Waals surface area contributed by atoms with E-state index in [2.05, 4.69) is 15.2 Å². The minimum Gasteiger partial charge on any atom is -0.495 e. The quantitative estimate of drug-likeness (QED) is 0.296. The van der Waals surface area contributed by atoms with Crippen molar-refractivity contribution in [1.82, 2.24) is 24.1 Å². The molecule has 7 nitrogen and oxygen atoms in total. The van der Waals surface area contributed by atoms with Gasteiger partial charge in [-0.3, -0.25) is 13.8 Å². The molecule has 0 radical (unpaired) electrons. The van der Waals surface area contributed by atoms with Crippen LogP contribution in [0.2, 0.25) is 4.34 Å². The molecule has 0 spiro atoms. The Labute approximate surface area is 202 Å². The number of fused-ring (bicyclic) bond motifs is 1. The summed E-state index contributed by atoms with van der Waals surface area (Å²) in [6, 6.07) is 16.9. The summed E-state index contributed by atoms with van der Waals surface area (Å²) in [5, 5.41) is 9.68. The van der Waals surface area contributed by atoms with Gasteiger partial charge < -0.3 is 4.74 Å². The lowest BCUT2D eigenvalue weighted by Crippen LogP contribution is -2.14. The van der Waals surface area contributed by atoms with Crippen LogP contribution in [0.15, 0.2) is 76.9 Å². The molecule has 0 N–H and O–H groups in total. The molecular formula is C23H18ClN5O2S2. The molecule has 0 saturated carbocycles. The minimum absolute atomic E-state index is 0.0929. The molecule has 1 aromatic carbocycles. The fraction of sp³-hybridized carbons (Fsp3) is 0.130. The second-order valence-corrected chi connectivity index (χ2v) is 9.80. The van der Waals surface area contributed by atoms with Gasteiger partial charge in [-0.2, -0.15) is 0 Å². The summed E-state index contributed by atoms with van der Waals surface area (Å²) in [5.41, 5.74) is 2.43. The number of para-hydroxylation sites is 2. The van der Waals surface area contributed by atoms with E-state index < -0.39 is 0 Å². The molecule has 0 aliphatic carbocycles. The highest BCUT2D eigenvalue weighted by molar-refractivity contribution is 7.99. The Morgan fingerprint density at radius 2 is 1.97 bits per heavy atom. The third kappa shape index (κ3) is 4.27. The van der Waals surface area contributed by atoms with Gasteiger partial charge in [0.1, 0.15) is 11.4 Å². The number of nitrogens with zero attached hydrogens (tertiary/aromatic N) is 5. The zero-order chi connectivity index (χ0) is 22.8. The van der Waals surface area contributed by atoms with Crippen molar-refractivity contribution in [1.29, 1.82) is 0 Å². The Morgan fingerprint density at radius 3 is 2.79 bits per heavy atom. The third-order valence-electron chi connectivity index (χ3n) is 5.05. The van der Waals surface area contributed by atoms with Crippen LogP contribution >= 0.6 is 34.7 Å². The molecule has 0 fully saturated rings. The van der Waals surface area contributed by atoms with Gasteiger partial charge in [0.15, 0.2) is 11.0 Å². The molecule has 5 rings (SSSR count). The van der Waals surface area contributed by atoms with Crippen LogP contribution in [0.3, 0.4) is 0 Å². The number of thioether (sulfide) groups is 1. The Balaban J connectivity index is 1.49. The molecule has 10 heteroatoms. The first-order valence-corrected chi connectivity index (χ1v) is 12.3. The molecule has 0 unspecified atom stereocenters. The van der Waals surface area contributed by atoms with Crippen molar-refractivity contribution in [2.75, 3.05) is 12.9 Å². The summed E-state index contributed by atoms with van der Waals surface area (Å²) in [4.78, 5) is 17.4. The number of aromatic nitrogens is 5. The van der Waals surface area contributed by atoms with Gasteiger partial charge in [-0.05, 0) is 42.3 Å². The number of pyridine rings is 1. The van der Waals surface area contributed by atoms with E-state index in [0.29, 0.717) is 22.2 Å². The lowest BCUT2D eigenvalue weighted by Gasteiger charge is -2.13. The zero-order valence-corrected chi connectivity index (χ0v) is 19.9. The fourth-order valence-electron chi connectivity index (χ4n) is 3.56. The SMILES string of the molecule is COc1ccccc1-n1c(SCCc2cccn3c(=O)ccnc23)nnc1-c1ccc(Cl)s1. The van der Waals surface area contributed by atoms with E-state index in [0.717, 1.165) is 32.8 Å². The zero-order valence-electron chi connectivity index (χ0n) is 17.5. The number of rotatable bonds is 7. The number of methoxy groups -OCH3 is 1. The van der Waals surface area contributed by atoms with Gasteiger partial charge in [0.2, 0.25) is 0 Å². The standard InChI is InChI=1S/C23H18ClN5O2S2/c1-31-17-7-3-2-6-16(17)29-22(18-8-9-19(24)33-18)26-27-23(29)32-14-11-15-5-4-13-28-20(30)10-12-25-21(15)28/h2-10,12-13H,11,14H2,1H3. The lowest BCUT2D eigenvalue weighted by molar-refractivity contribution is 0.412. The first-order chi connectivity index (χ1) is 16.2. The van der Waals surface area contributed by atoms with Crippen molar-refractivity contribution in [3.63, 3.8) is 0 Å². The van der Waals surface area contributed by atoms with Gasteiger partial charge in [0, 0.05) is 24.2 Å². The molecule has 0 aliphatic rings.